The molecule has 6 nitrogen and oxygen atoms in total. The predicted molar refractivity (Wildman–Crippen MR) is 109 cm³/mol. The smallest absolute Gasteiger partial charge is 0.256 e. The molecular weight excluding hydrogens is 378 g/mol. The number of likely N-dealkylation sites (N-methyl/N-ethyl adjacent to an activating group) is 1. The van der Waals surface area contributed by atoms with Crippen molar-refractivity contribution in [2.24, 2.45) is 5.92 Å². The Kier molecular flexibility index (Phi) is 6.63. The highest BCUT2D eigenvalue weighted by Gasteiger charge is 2.53. The molecule has 1 saturated heterocycles. The van der Waals surface area contributed by atoms with Crippen molar-refractivity contribution in [1.82, 2.24) is 15.1 Å². The van der Waals surface area contributed by atoms with E-state index in [0.29, 0.717) is 23.0 Å². The first-order valence-electron chi connectivity index (χ1n) is 9.98. The van der Waals surface area contributed by atoms with E-state index < -0.39 is 11.8 Å². The van der Waals surface area contributed by atoms with Crippen LogP contribution in [0.4, 0.5) is 0 Å². The van der Waals surface area contributed by atoms with E-state index in [9.17, 15) is 9.59 Å². The van der Waals surface area contributed by atoms with E-state index in [4.69, 9.17) is 16.3 Å². The van der Waals surface area contributed by atoms with Gasteiger partial charge in [-0.25, -0.2) is 0 Å². The van der Waals surface area contributed by atoms with Gasteiger partial charge in [0.25, 0.3) is 5.91 Å². The summed E-state index contributed by atoms with van der Waals surface area (Å²) in [6.07, 6.45) is 3.49. The number of nitrogens with one attached hydrogen (secondary N) is 1. The molecule has 2 aliphatic rings. The fourth-order valence-corrected chi connectivity index (χ4v) is 4.16. The summed E-state index contributed by atoms with van der Waals surface area (Å²) >= 11 is 5.98. The predicted octanol–water partition coefficient (Wildman–Crippen LogP) is 2.77. The Balaban J connectivity index is 1.83. The molecule has 1 N–H and O–H groups in total. The lowest BCUT2D eigenvalue weighted by atomic mass is 9.83. The average Bonchev–Trinajstić information content (AvgIpc) is 3.03. The van der Waals surface area contributed by atoms with Crippen LogP contribution in [0.25, 0.3) is 0 Å². The fourth-order valence-electron chi connectivity index (χ4n) is 4.03. The van der Waals surface area contributed by atoms with Crippen molar-refractivity contribution in [3.8, 4) is 0 Å². The summed E-state index contributed by atoms with van der Waals surface area (Å²) < 4.78 is 6.18. The Morgan fingerprint density at radius 3 is 2.50 bits per heavy atom. The average molecular weight is 408 g/mol. The third kappa shape index (κ3) is 4.50. The Morgan fingerprint density at radius 1 is 1.25 bits per heavy atom. The van der Waals surface area contributed by atoms with E-state index in [-0.39, 0.29) is 18.4 Å². The SMILES string of the molecule is CC1CCC2(CC1)OC[C@H](C(=O)NCCN(C)C)N2C(=O)c1ccc(Cl)cc1. The molecule has 1 aliphatic carbocycles. The van der Waals surface area contributed by atoms with Crippen molar-refractivity contribution in [1.29, 1.82) is 0 Å². The van der Waals surface area contributed by atoms with Gasteiger partial charge in [0.1, 0.15) is 11.8 Å². The molecule has 1 atom stereocenters. The van der Waals surface area contributed by atoms with Crippen molar-refractivity contribution >= 4 is 23.4 Å². The normalized spacial score (nSPS) is 27.4. The molecule has 1 aliphatic heterocycles. The van der Waals surface area contributed by atoms with Gasteiger partial charge in [0.2, 0.25) is 5.91 Å². The second-order valence-electron chi connectivity index (χ2n) is 8.23. The maximum atomic E-state index is 13.4. The zero-order valence-corrected chi connectivity index (χ0v) is 17.7. The first kappa shape index (κ1) is 21.1. The topological polar surface area (TPSA) is 61.9 Å². The molecule has 3 rings (SSSR count). The number of hydrogen-bond acceptors (Lipinski definition) is 4. The van der Waals surface area contributed by atoms with E-state index in [1.54, 1.807) is 29.2 Å². The summed E-state index contributed by atoms with van der Waals surface area (Å²) in [5.74, 6) is 0.283. The summed E-state index contributed by atoms with van der Waals surface area (Å²) in [5, 5.41) is 3.53. The van der Waals surface area contributed by atoms with E-state index in [2.05, 4.69) is 12.2 Å². The van der Waals surface area contributed by atoms with Crippen molar-refractivity contribution in [2.45, 2.75) is 44.4 Å². The number of hydrogen-bond donors (Lipinski definition) is 1. The third-order valence-corrected chi connectivity index (χ3v) is 6.04. The Morgan fingerprint density at radius 2 is 1.89 bits per heavy atom. The van der Waals surface area contributed by atoms with Gasteiger partial charge < -0.3 is 15.0 Å². The Hall–Kier alpha value is -1.63. The third-order valence-electron chi connectivity index (χ3n) is 5.79. The van der Waals surface area contributed by atoms with Crippen LogP contribution in [-0.4, -0.2) is 67.2 Å². The Labute approximate surface area is 172 Å². The first-order valence-corrected chi connectivity index (χ1v) is 10.4. The zero-order chi connectivity index (χ0) is 20.3. The van der Waals surface area contributed by atoms with Crippen LogP contribution in [0.2, 0.25) is 5.02 Å². The molecule has 1 saturated carbocycles. The summed E-state index contributed by atoms with van der Waals surface area (Å²) in [6, 6.07) is 6.21. The van der Waals surface area contributed by atoms with Gasteiger partial charge in [-0.15, -0.1) is 0 Å². The molecule has 1 spiro atoms. The second-order valence-corrected chi connectivity index (χ2v) is 8.67. The minimum absolute atomic E-state index is 0.153. The summed E-state index contributed by atoms with van der Waals surface area (Å²) in [5.41, 5.74) is -0.161. The van der Waals surface area contributed by atoms with Crippen LogP contribution in [0.15, 0.2) is 24.3 Å². The Bertz CT molecular complexity index is 699. The van der Waals surface area contributed by atoms with Crippen molar-refractivity contribution in [3.05, 3.63) is 34.9 Å². The first-order chi connectivity index (χ1) is 13.3. The number of halogens is 1. The highest BCUT2D eigenvalue weighted by Crippen LogP contribution is 2.43. The van der Waals surface area contributed by atoms with Crippen LogP contribution in [0.3, 0.4) is 0 Å². The van der Waals surface area contributed by atoms with Gasteiger partial charge in [-0.2, -0.15) is 0 Å². The number of benzene rings is 1. The van der Waals surface area contributed by atoms with Crippen LogP contribution < -0.4 is 5.32 Å². The molecule has 2 amide bonds. The van der Waals surface area contributed by atoms with E-state index in [0.717, 1.165) is 32.2 Å². The summed E-state index contributed by atoms with van der Waals surface area (Å²) in [4.78, 5) is 30.0. The molecular formula is C21H30ClN3O3. The zero-order valence-electron chi connectivity index (χ0n) is 16.9. The molecule has 1 aromatic carbocycles. The fraction of sp³-hybridized carbons (Fsp3) is 0.619. The van der Waals surface area contributed by atoms with Crippen molar-refractivity contribution in [3.63, 3.8) is 0 Å². The lowest BCUT2D eigenvalue weighted by molar-refractivity contribution is -0.127. The van der Waals surface area contributed by atoms with Crippen LogP contribution in [0.5, 0.6) is 0 Å². The molecule has 0 unspecified atom stereocenters. The quantitative estimate of drug-likeness (QED) is 0.815. The van der Waals surface area contributed by atoms with Crippen LogP contribution in [0, 0.1) is 5.92 Å². The van der Waals surface area contributed by atoms with Crippen LogP contribution >= 0.6 is 11.6 Å². The van der Waals surface area contributed by atoms with Gasteiger partial charge in [-0.05, 0) is 70.0 Å². The van der Waals surface area contributed by atoms with Gasteiger partial charge in [0.05, 0.1) is 6.61 Å². The number of nitrogens with zero attached hydrogens (tertiary/aromatic N) is 2. The number of carbonyl (C=O) groups is 2. The van der Waals surface area contributed by atoms with Gasteiger partial charge in [0.15, 0.2) is 0 Å². The monoisotopic (exact) mass is 407 g/mol. The summed E-state index contributed by atoms with van der Waals surface area (Å²) in [7, 11) is 3.92. The van der Waals surface area contributed by atoms with Crippen molar-refractivity contribution in [2.75, 3.05) is 33.8 Å². The van der Waals surface area contributed by atoms with Gasteiger partial charge in [-0.3, -0.25) is 14.5 Å². The number of carbonyl (C=O) groups excluding carboxylic acids is 2. The van der Waals surface area contributed by atoms with Gasteiger partial charge >= 0.3 is 0 Å². The maximum absolute atomic E-state index is 13.4. The standard InChI is InChI=1S/C21H30ClN3O3/c1-15-8-10-21(11-9-15)25(20(27)16-4-6-17(22)7-5-16)18(14-28-21)19(26)23-12-13-24(2)3/h4-7,15,18H,8-14H2,1-3H3,(H,23,26)/t15?,18-,21?/m1/s1. The lowest BCUT2D eigenvalue weighted by Crippen LogP contribution is -2.57. The molecule has 28 heavy (non-hydrogen) atoms. The van der Waals surface area contributed by atoms with E-state index in [1.165, 1.54) is 0 Å². The highest BCUT2D eigenvalue weighted by molar-refractivity contribution is 6.30. The molecule has 0 radical (unpaired) electrons. The highest BCUT2D eigenvalue weighted by atomic mass is 35.5. The lowest BCUT2D eigenvalue weighted by Gasteiger charge is -2.43. The number of ether oxygens (including phenoxy) is 1. The molecule has 1 heterocycles. The van der Waals surface area contributed by atoms with Crippen LogP contribution in [0.1, 0.15) is 43.0 Å². The molecule has 7 heteroatoms. The molecule has 2 fully saturated rings. The minimum Gasteiger partial charge on any atom is -0.353 e. The molecule has 154 valence electrons. The maximum Gasteiger partial charge on any atom is 0.256 e. The van der Waals surface area contributed by atoms with E-state index in [1.807, 2.05) is 19.0 Å². The molecule has 0 bridgehead atoms. The molecule has 1 aromatic rings. The van der Waals surface area contributed by atoms with Gasteiger partial charge in [-0.1, -0.05) is 18.5 Å². The minimum atomic E-state index is -0.688. The van der Waals surface area contributed by atoms with Gasteiger partial charge in [0, 0.05) is 23.7 Å². The van der Waals surface area contributed by atoms with Crippen LogP contribution in [-0.2, 0) is 9.53 Å². The second kappa shape index (κ2) is 8.80. The van der Waals surface area contributed by atoms with E-state index >= 15 is 0 Å². The van der Waals surface area contributed by atoms with Crippen molar-refractivity contribution < 1.29 is 14.3 Å². The largest absolute Gasteiger partial charge is 0.353 e. The summed E-state index contributed by atoms with van der Waals surface area (Å²) in [6.45, 7) is 3.74. The molecule has 0 aromatic heterocycles. The number of rotatable bonds is 5. The number of amides is 2.